The molecule has 0 aromatic heterocycles. The van der Waals surface area contributed by atoms with E-state index in [-0.39, 0.29) is 11.9 Å². The van der Waals surface area contributed by atoms with Crippen molar-refractivity contribution < 1.29 is 19.4 Å². The molecule has 3 atom stereocenters. The molecule has 1 heterocycles. The average Bonchev–Trinajstić information content (AvgIpc) is 2.30. The van der Waals surface area contributed by atoms with Gasteiger partial charge in [-0.2, -0.15) is 0 Å². The van der Waals surface area contributed by atoms with E-state index in [4.69, 9.17) is 9.84 Å². The summed E-state index contributed by atoms with van der Waals surface area (Å²) in [5.41, 5.74) is 0. The van der Waals surface area contributed by atoms with Gasteiger partial charge in [0.05, 0.1) is 11.8 Å². The van der Waals surface area contributed by atoms with Crippen molar-refractivity contribution in [3.63, 3.8) is 0 Å². The Morgan fingerprint density at radius 3 is 2.67 bits per heavy atom. The normalized spacial score (nSPS) is 31.3. The number of cyclic esters (lactones) is 1. The Kier molecular flexibility index (Phi) is 2.35. The molecule has 0 radical (unpaired) electrons. The Balaban J connectivity index is 2.57. The van der Waals surface area contributed by atoms with Crippen LogP contribution in [0.25, 0.3) is 0 Å². The number of carbonyl (C=O) groups is 2. The Morgan fingerprint density at radius 1 is 1.75 bits per heavy atom. The molecule has 1 aliphatic rings. The van der Waals surface area contributed by atoms with Crippen LogP contribution in [-0.4, -0.2) is 23.1 Å². The van der Waals surface area contributed by atoms with Crippen LogP contribution in [0.4, 0.5) is 0 Å². The van der Waals surface area contributed by atoms with Crippen molar-refractivity contribution in [2.45, 2.75) is 26.4 Å². The molecule has 1 N–H and O–H groups in total. The summed E-state index contributed by atoms with van der Waals surface area (Å²) in [4.78, 5) is 21.4. The third kappa shape index (κ3) is 1.57. The third-order valence-electron chi connectivity index (χ3n) is 2.20. The number of aliphatic carboxylic acids is 1. The van der Waals surface area contributed by atoms with Crippen LogP contribution in [0.5, 0.6) is 0 Å². The number of rotatable bonds is 2. The maximum absolute atomic E-state index is 10.9. The molecule has 0 aromatic rings. The zero-order chi connectivity index (χ0) is 9.30. The van der Waals surface area contributed by atoms with Crippen molar-refractivity contribution >= 4 is 11.9 Å². The molecule has 1 saturated heterocycles. The van der Waals surface area contributed by atoms with Crippen LogP contribution in [0.15, 0.2) is 0 Å². The third-order valence-corrected chi connectivity index (χ3v) is 2.20. The summed E-state index contributed by atoms with van der Waals surface area (Å²) in [6.07, 6.45) is 0.0803. The van der Waals surface area contributed by atoms with Gasteiger partial charge in [-0.25, -0.2) is 0 Å². The van der Waals surface area contributed by atoms with Crippen LogP contribution in [0.2, 0.25) is 0 Å². The largest absolute Gasteiger partial charge is 0.481 e. The minimum atomic E-state index is -0.915. The molecule has 1 rings (SSSR count). The van der Waals surface area contributed by atoms with Crippen molar-refractivity contribution in [2.75, 3.05) is 0 Å². The van der Waals surface area contributed by atoms with E-state index in [0.717, 1.165) is 0 Å². The van der Waals surface area contributed by atoms with E-state index in [9.17, 15) is 9.59 Å². The van der Waals surface area contributed by atoms with Crippen LogP contribution in [0.1, 0.15) is 20.3 Å². The number of hydrogen-bond donors (Lipinski definition) is 1. The summed E-state index contributed by atoms with van der Waals surface area (Å²) in [6, 6.07) is 0. The number of hydrogen-bond acceptors (Lipinski definition) is 3. The molecule has 0 aliphatic carbocycles. The van der Waals surface area contributed by atoms with Gasteiger partial charge in [0, 0.05) is 0 Å². The van der Waals surface area contributed by atoms with Crippen LogP contribution < -0.4 is 0 Å². The summed E-state index contributed by atoms with van der Waals surface area (Å²) in [7, 11) is 0. The topological polar surface area (TPSA) is 63.6 Å². The lowest BCUT2D eigenvalue weighted by atomic mass is 9.98. The number of esters is 1. The first-order chi connectivity index (χ1) is 5.52. The summed E-state index contributed by atoms with van der Waals surface area (Å²) in [5.74, 6) is -1.95. The molecular weight excluding hydrogens is 160 g/mol. The quantitative estimate of drug-likeness (QED) is 0.621. The highest BCUT2D eigenvalue weighted by Crippen LogP contribution is 2.25. The lowest BCUT2D eigenvalue weighted by molar-refractivity contribution is -0.151. The fraction of sp³-hybridized carbons (Fsp3) is 0.750. The Labute approximate surface area is 70.5 Å². The zero-order valence-electron chi connectivity index (χ0n) is 7.11. The molecule has 0 aromatic carbocycles. The van der Waals surface area contributed by atoms with Crippen molar-refractivity contribution in [2.24, 2.45) is 11.8 Å². The first kappa shape index (κ1) is 9.03. The molecule has 0 bridgehead atoms. The maximum Gasteiger partial charge on any atom is 0.309 e. The van der Waals surface area contributed by atoms with Gasteiger partial charge in [0.1, 0.15) is 6.10 Å². The molecule has 3 unspecified atom stereocenters. The molecule has 0 amide bonds. The summed E-state index contributed by atoms with van der Waals surface area (Å²) < 4.78 is 4.88. The van der Waals surface area contributed by atoms with E-state index in [2.05, 4.69) is 0 Å². The second-order valence-corrected chi connectivity index (χ2v) is 3.24. The van der Waals surface area contributed by atoms with Gasteiger partial charge in [0.25, 0.3) is 0 Å². The molecule has 12 heavy (non-hydrogen) atoms. The molecule has 0 saturated carbocycles. The second kappa shape index (κ2) is 3.13. The molecule has 0 spiro atoms. The van der Waals surface area contributed by atoms with Crippen molar-refractivity contribution in [1.29, 1.82) is 0 Å². The van der Waals surface area contributed by atoms with Crippen LogP contribution in [-0.2, 0) is 14.3 Å². The van der Waals surface area contributed by atoms with Gasteiger partial charge in [-0.3, -0.25) is 9.59 Å². The highest BCUT2D eigenvalue weighted by Gasteiger charge is 2.37. The fourth-order valence-corrected chi connectivity index (χ4v) is 1.22. The van der Waals surface area contributed by atoms with Gasteiger partial charge in [-0.05, 0) is 13.3 Å². The molecule has 4 nitrogen and oxygen atoms in total. The molecule has 1 aliphatic heterocycles. The lowest BCUT2D eigenvalue weighted by Crippen LogP contribution is -2.25. The number of carboxylic acid groups (broad SMARTS) is 1. The SMILES string of the molecule is CC1CC(C(C)C(=O)O)OC1=O. The Bertz CT molecular complexity index is 211. The standard InChI is InChI=1S/C8H12O4/c1-4-3-6(12-8(4)11)5(2)7(9)10/h4-6H,3H2,1-2H3,(H,9,10). The van der Waals surface area contributed by atoms with Crippen LogP contribution >= 0.6 is 0 Å². The number of carboxylic acids is 1. The summed E-state index contributed by atoms with van der Waals surface area (Å²) in [6.45, 7) is 3.30. The van der Waals surface area contributed by atoms with Gasteiger partial charge >= 0.3 is 11.9 Å². The van der Waals surface area contributed by atoms with E-state index in [1.165, 1.54) is 0 Å². The predicted octanol–water partition coefficient (Wildman–Crippen LogP) is 0.659. The lowest BCUT2D eigenvalue weighted by Gasteiger charge is -2.12. The predicted molar refractivity (Wildman–Crippen MR) is 40.5 cm³/mol. The average molecular weight is 172 g/mol. The van der Waals surface area contributed by atoms with E-state index in [1.54, 1.807) is 13.8 Å². The summed E-state index contributed by atoms with van der Waals surface area (Å²) in [5, 5.41) is 8.62. The van der Waals surface area contributed by atoms with Crippen molar-refractivity contribution in [3.05, 3.63) is 0 Å². The van der Waals surface area contributed by atoms with Gasteiger partial charge in [-0.15, -0.1) is 0 Å². The number of ether oxygens (including phenoxy) is 1. The highest BCUT2D eigenvalue weighted by atomic mass is 16.6. The van der Waals surface area contributed by atoms with E-state index < -0.39 is 18.0 Å². The molecule has 4 heteroatoms. The second-order valence-electron chi connectivity index (χ2n) is 3.24. The summed E-state index contributed by atoms with van der Waals surface area (Å²) >= 11 is 0. The minimum absolute atomic E-state index is 0.156. The monoisotopic (exact) mass is 172 g/mol. The first-order valence-electron chi connectivity index (χ1n) is 3.95. The first-order valence-corrected chi connectivity index (χ1v) is 3.95. The van der Waals surface area contributed by atoms with Gasteiger partial charge < -0.3 is 9.84 Å². The highest BCUT2D eigenvalue weighted by molar-refractivity contribution is 5.76. The molecule has 68 valence electrons. The van der Waals surface area contributed by atoms with Crippen molar-refractivity contribution in [3.8, 4) is 0 Å². The minimum Gasteiger partial charge on any atom is -0.481 e. The van der Waals surface area contributed by atoms with E-state index >= 15 is 0 Å². The van der Waals surface area contributed by atoms with Crippen LogP contribution in [0.3, 0.4) is 0 Å². The Hall–Kier alpha value is -1.06. The van der Waals surface area contributed by atoms with Gasteiger partial charge in [-0.1, -0.05) is 6.92 Å². The van der Waals surface area contributed by atoms with Crippen LogP contribution in [0, 0.1) is 11.8 Å². The Morgan fingerprint density at radius 2 is 2.33 bits per heavy atom. The van der Waals surface area contributed by atoms with Crippen molar-refractivity contribution in [1.82, 2.24) is 0 Å². The maximum atomic E-state index is 10.9. The van der Waals surface area contributed by atoms with Gasteiger partial charge in [0.15, 0.2) is 0 Å². The van der Waals surface area contributed by atoms with E-state index in [1.807, 2.05) is 0 Å². The molecular formula is C8H12O4. The fourth-order valence-electron chi connectivity index (χ4n) is 1.22. The smallest absolute Gasteiger partial charge is 0.309 e. The van der Waals surface area contributed by atoms with E-state index in [0.29, 0.717) is 6.42 Å². The number of carbonyl (C=O) groups excluding carboxylic acids is 1. The van der Waals surface area contributed by atoms with Gasteiger partial charge in [0.2, 0.25) is 0 Å². The molecule has 1 fully saturated rings. The zero-order valence-corrected chi connectivity index (χ0v) is 7.11.